The van der Waals surface area contributed by atoms with Gasteiger partial charge in [0.05, 0.1) is 11.3 Å². The van der Waals surface area contributed by atoms with Crippen LogP contribution in [0.5, 0.6) is 5.75 Å². The van der Waals surface area contributed by atoms with Crippen LogP contribution in [0.3, 0.4) is 0 Å². The quantitative estimate of drug-likeness (QED) is 0.589. The van der Waals surface area contributed by atoms with E-state index >= 15 is 0 Å². The Morgan fingerprint density at radius 1 is 1.33 bits per heavy atom. The summed E-state index contributed by atoms with van der Waals surface area (Å²) in [6, 6.07) is 9.40. The Hall–Kier alpha value is -2.82. The minimum Gasteiger partial charge on any atom is -0.508 e. The summed E-state index contributed by atoms with van der Waals surface area (Å²) in [4.78, 5) is 4.06. The highest BCUT2D eigenvalue weighted by Crippen LogP contribution is 2.32. The van der Waals surface area contributed by atoms with Crippen LogP contribution in [-0.4, -0.2) is 11.3 Å². The summed E-state index contributed by atoms with van der Waals surface area (Å²) in [7, 11) is 0. The van der Waals surface area contributed by atoms with Crippen LogP contribution in [-0.2, 0) is 0 Å². The molecule has 0 spiro atoms. The second-order valence-electron chi connectivity index (χ2n) is 4.43. The third-order valence-corrected chi connectivity index (χ3v) is 2.83. The number of nitrogen functional groups attached to an aromatic ring is 1. The molecule has 0 amide bonds. The zero-order valence-corrected chi connectivity index (χ0v) is 11.6. The Morgan fingerprint density at radius 3 is 2.62 bits per heavy atom. The van der Waals surface area contributed by atoms with Crippen molar-refractivity contribution in [2.45, 2.75) is 6.92 Å². The molecular formula is C16H16FN3O. The normalized spacial score (nSPS) is 10.8. The van der Waals surface area contributed by atoms with Crippen LogP contribution < -0.4 is 11.1 Å². The average Bonchev–Trinajstić information content (AvgIpc) is 2.41. The lowest BCUT2D eigenvalue weighted by atomic mass is 10.1. The highest BCUT2D eigenvalue weighted by atomic mass is 19.1. The smallest absolute Gasteiger partial charge is 0.138 e. The number of phenols is 1. The summed E-state index contributed by atoms with van der Waals surface area (Å²) in [6.07, 6.45) is 1.52. The lowest BCUT2D eigenvalue weighted by Gasteiger charge is -2.13. The predicted octanol–water partition coefficient (Wildman–Crippen LogP) is 3.92. The van der Waals surface area contributed by atoms with Gasteiger partial charge < -0.3 is 16.2 Å². The second-order valence-corrected chi connectivity index (χ2v) is 4.43. The number of hydrogen-bond donors (Lipinski definition) is 3. The number of rotatable bonds is 4. The second kappa shape index (κ2) is 6.09. The SMILES string of the molecule is C=C(Nc1ccc(N)cc1)c1c(F)cc(O)cc1N=CC. The molecule has 0 aliphatic rings. The van der Waals surface area contributed by atoms with Crippen molar-refractivity contribution < 1.29 is 9.50 Å². The number of phenolic OH excluding ortho intramolecular Hbond substituents is 1. The molecule has 4 nitrogen and oxygen atoms in total. The largest absolute Gasteiger partial charge is 0.508 e. The molecule has 0 aliphatic heterocycles. The molecule has 2 aromatic carbocycles. The highest BCUT2D eigenvalue weighted by molar-refractivity contribution is 5.83. The van der Waals surface area contributed by atoms with Crippen molar-refractivity contribution in [3.63, 3.8) is 0 Å². The van der Waals surface area contributed by atoms with Gasteiger partial charge in [-0.25, -0.2) is 4.39 Å². The Labute approximate surface area is 122 Å². The van der Waals surface area contributed by atoms with Gasteiger partial charge in [0.1, 0.15) is 11.6 Å². The number of benzene rings is 2. The van der Waals surface area contributed by atoms with E-state index in [0.717, 1.165) is 11.8 Å². The van der Waals surface area contributed by atoms with Gasteiger partial charge in [0.25, 0.3) is 0 Å². The van der Waals surface area contributed by atoms with Gasteiger partial charge in [-0.1, -0.05) is 6.58 Å². The summed E-state index contributed by atoms with van der Waals surface area (Å²) in [6.45, 7) is 5.55. The highest BCUT2D eigenvalue weighted by Gasteiger charge is 2.13. The van der Waals surface area contributed by atoms with E-state index in [4.69, 9.17) is 5.73 Å². The van der Waals surface area contributed by atoms with E-state index in [1.165, 1.54) is 12.3 Å². The van der Waals surface area contributed by atoms with E-state index in [1.54, 1.807) is 31.2 Å². The first-order valence-electron chi connectivity index (χ1n) is 6.34. The van der Waals surface area contributed by atoms with E-state index in [0.29, 0.717) is 17.1 Å². The van der Waals surface area contributed by atoms with Crippen molar-refractivity contribution in [2.24, 2.45) is 4.99 Å². The molecule has 0 unspecified atom stereocenters. The van der Waals surface area contributed by atoms with Gasteiger partial charge in [0.15, 0.2) is 0 Å². The molecule has 0 fully saturated rings. The maximum absolute atomic E-state index is 14.1. The molecule has 0 bridgehead atoms. The molecule has 2 rings (SSSR count). The van der Waals surface area contributed by atoms with Crippen LogP contribution in [0.4, 0.5) is 21.5 Å². The number of anilines is 2. The van der Waals surface area contributed by atoms with Crippen molar-refractivity contribution in [3.05, 3.63) is 54.4 Å². The molecule has 0 saturated heterocycles. The Balaban J connectivity index is 2.36. The van der Waals surface area contributed by atoms with Gasteiger partial charge in [-0.05, 0) is 31.2 Å². The summed E-state index contributed by atoms with van der Waals surface area (Å²) < 4.78 is 14.1. The molecule has 0 aromatic heterocycles. The van der Waals surface area contributed by atoms with Crippen LogP contribution in [0.2, 0.25) is 0 Å². The molecule has 21 heavy (non-hydrogen) atoms. The lowest BCUT2D eigenvalue weighted by molar-refractivity contribution is 0.469. The van der Waals surface area contributed by atoms with Crippen LogP contribution >= 0.6 is 0 Å². The van der Waals surface area contributed by atoms with Crippen molar-refractivity contribution in [2.75, 3.05) is 11.1 Å². The van der Waals surface area contributed by atoms with E-state index in [9.17, 15) is 9.50 Å². The van der Waals surface area contributed by atoms with Crippen molar-refractivity contribution in [3.8, 4) is 5.75 Å². The number of nitrogens with one attached hydrogen (secondary N) is 1. The molecule has 108 valence electrons. The van der Waals surface area contributed by atoms with Crippen LogP contribution in [0.1, 0.15) is 12.5 Å². The molecular weight excluding hydrogens is 269 g/mol. The maximum atomic E-state index is 14.1. The van der Waals surface area contributed by atoms with Crippen molar-refractivity contribution in [1.29, 1.82) is 0 Å². The standard InChI is InChI=1S/C16H16FN3O/c1-3-19-15-9-13(21)8-14(17)16(15)10(2)20-12-6-4-11(18)5-7-12/h3-9,20-21H,2,18H2,1H3. The number of aliphatic imine (C=N–C) groups is 1. The van der Waals surface area contributed by atoms with E-state index in [1.807, 2.05) is 0 Å². The van der Waals surface area contributed by atoms with Gasteiger partial charge in [0, 0.05) is 35.4 Å². The van der Waals surface area contributed by atoms with Crippen LogP contribution in [0, 0.1) is 5.82 Å². The topological polar surface area (TPSA) is 70.6 Å². The third-order valence-electron chi connectivity index (χ3n) is 2.83. The molecule has 2 aromatic rings. The van der Waals surface area contributed by atoms with Crippen molar-refractivity contribution >= 4 is 29.0 Å². The van der Waals surface area contributed by atoms with Crippen LogP contribution in [0.15, 0.2) is 48.0 Å². The van der Waals surface area contributed by atoms with Gasteiger partial charge in [0.2, 0.25) is 0 Å². The first-order valence-corrected chi connectivity index (χ1v) is 6.34. The zero-order valence-electron chi connectivity index (χ0n) is 11.6. The van der Waals surface area contributed by atoms with Gasteiger partial charge in [-0.15, -0.1) is 0 Å². The number of hydrogen-bond acceptors (Lipinski definition) is 4. The molecule has 5 heteroatoms. The van der Waals surface area contributed by atoms with Crippen molar-refractivity contribution in [1.82, 2.24) is 0 Å². The summed E-state index contributed by atoms with van der Waals surface area (Å²) in [5, 5.41) is 12.5. The molecule has 0 aliphatic carbocycles. The first-order chi connectivity index (χ1) is 10.0. The number of halogens is 1. The maximum Gasteiger partial charge on any atom is 0.138 e. The van der Waals surface area contributed by atoms with Gasteiger partial charge in [-0.3, -0.25) is 4.99 Å². The fourth-order valence-electron chi connectivity index (χ4n) is 1.92. The summed E-state index contributed by atoms with van der Waals surface area (Å²) >= 11 is 0. The predicted molar refractivity (Wildman–Crippen MR) is 85.4 cm³/mol. The zero-order chi connectivity index (χ0) is 15.4. The Kier molecular flexibility index (Phi) is 4.23. The molecule has 0 saturated carbocycles. The van der Waals surface area contributed by atoms with E-state index in [-0.39, 0.29) is 11.3 Å². The van der Waals surface area contributed by atoms with Gasteiger partial charge >= 0.3 is 0 Å². The Morgan fingerprint density at radius 2 is 2.00 bits per heavy atom. The average molecular weight is 285 g/mol. The van der Waals surface area contributed by atoms with Gasteiger partial charge in [-0.2, -0.15) is 0 Å². The summed E-state index contributed by atoms with van der Waals surface area (Å²) in [5.74, 6) is -0.777. The fraction of sp³-hybridized carbons (Fsp3) is 0.0625. The number of nitrogens with two attached hydrogens (primary N) is 1. The molecule has 0 heterocycles. The Bertz CT molecular complexity index is 693. The molecule has 0 radical (unpaired) electrons. The molecule has 4 N–H and O–H groups in total. The molecule has 0 atom stereocenters. The first kappa shape index (κ1) is 14.6. The minimum atomic E-state index is -0.594. The minimum absolute atomic E-state index is 0.183. The summed E-state index contributed by atoms with van der Waals surface area (Å²) in [5.41, 5.74) is 7.85. The number of nitrogens with zero attached hydrogens (tertiary/aromatic N) is 1. The monoisotopic (exact) mass is 285 g/mol. The van der Waals surface area contributed by atoms with Crippen LogP contribution in [0.25, 0.3) is 5.70 Å². The number of aromatic hydroxyl groups is 1. The lowest BCUT2D eigenvalue weighted by Crippen LogP contribution is -2.00. The van der Waals surface area contributed by atoms with E-state index in [2.05, 4.69) is 16.9 Å². The van der Waals surface area contributed by atoms with E-state index < -0.39 is 5.82 Å². The fourth-order valence-corrected chi connectivity index (χ4v) is 1.92. The third kappa shape index (κ3) is 3.39.